The average molecular weight is 341 g/mol. The van der Waals surface area contributed by atoms with E-state index in [1.54, 1.807) is 12.2 Å². The molecule has 0 aliphatic carbocycles. The molecule has 0 spiro atoms. The Bertz CT molecular complexity index is 504. The van der Waals surface area contributed by atoms with Crippen LogP contribution >= 0.6 is 0 Å². The van der Waals surface area contributed by atoms with E-state index in [-0.39, 0.29) is 13.2 Å². The SMILES string of the molecule is COCO[C@H]1C[C@H]2O[C@H]3C=CC=CO[C@@H]3[C@@H](O)[C@@H]2O[C@@H]1CC(=O)[O-]. The number of carboxylic acids is 1. The molecule has 0 amide bonds. The predicted octanol–water partition coefficient (Wildman–Crippen LogP) is -1.13. The number of carbonyl (C=O) groups is 1. The number of carbonyl (C=O) groups excluding carboxylic acids is 1. The fraction of sp³-hybridized carbons (Fsp3) is 0.688. The Morgan fingerprint density at radius 1 is 1.33 bits per heavy atom. The van der Waals surface area contributed by atoms with Gasteiger partial charge in [-0.25, -0.2) is 0 Å². The molecule has 3 aliphatic heterocycles. The molecule has 8 heteroatoms. The van der Waals surface area contributed by atoms with Gasteiger partial charge in [-0.3, -0.25) is 0 Å². The molecule has 2 fully saturated rings. The molecule has 0 saturated carbocycles. The van der Waals surface area contributed by atoms with Gasteiger partial charge in [-0.1, -0.05) is 12.2 Å². The number of aliphatic carboxylic acids is 1. The summed E-state index contributed by atoms with van der Waals surface area (Å²) in [6, 6.07) is 0. The number of rotatable bonds is 5. The first kappa shape index (κ1) is 17.4. The Balaban J connectivity index is 1.75. The molecule has 0 aromatic rings. The summed E-state index contributed by atoms with van der Waals surface area (Å²) in [6.45, 7) is 0.0104. The second-order valence-corrected chi connectivity index (χ2v) is 6.01. The summed E-state index contributed by atoms with van der Waals surface area (Å²) in [5.41, 5.74) is 0. The number of methoxy groups -OCH3 is 1. The van der Waals surface area contributed by atoms with E-state index in [4.69, 9.17) is 23.7 Å². The van der Waals surface area contributed by atoms with Crippen LogP contribution in [0.5, 0.6) is 0 Å². The molecule has 0 unspecified atom stereocenters. The van der Waals surface area contributed by atoms with E-state index in [1.807, 2.05) is 6.08 Å². The zero-order chi connectivity index (χ0) is 17.1. The number of allylic oxidation sites excluding steroid dienone is 2. The highest BCUT2D eigenvalue weighted by molar-refractivity contribution is 5.65. The molecule has 2 saturated heterocycles. The van der Waals surface area contributed by atoms with Gasteiger partial charge in [-0.05, 0) is 6.08 Å². The molecule has 3 rings (SSSR count). The number of hydrogen-bond donors (Lipinski definition) is 1. The third-order valence-electron chi connectivity index (χ3n) is 4.40. The van der Waals surface area contributed by atoms with E-state index in [2.05, 4.69) is 0 Å². The normalized spacial score (nSPS) is 41.0. The maximum absolute atomic E-state index is 11.0. The maximum atomic E-state index is 11.0. The quantitative estimate of drug-likeness (QED) is 0.626. The fourth-order valence-corrected chi connectivity index (χ4v) is 3.33. The minimum Gasteiger partial charge on any atom is -0.550 e. The third-order valence-corrected chi connectivity index (χ3v) is 4.40. The lowest BCUT2D eigenvalue weighted by Crippen LogP contribution is -2.63. The third kappa shape index (κ3) is 3.62. The molecular weight excluding hydrogens is 320 g/mol. The van der Waals surface area contributed by atoms with Crippen molar-refractivity contribution >= 4 is 5.97 Å². The maximum Gasteiger partial charge on any atom is 0.156 e. The number of ether oxygens (including phenoxy) is 5. The summed E-state index contributed by atoms with van der Waals surface area (Å²) in [5, 5.41) is 21.6. The Hall–Kier alpha value is -1.45. The molecule has 7 atom stereocenters. The zero-order valence-electron chi connectivity index (χ0n) is 13.3. The lowest BCUT2D eigenvalue weighted by Gasteiger charge is -2.49. The van der Waals surface area contributed by atoms with E-state index >= 15 is 0 Å². The summed E-state index contributed by atoms with van der Waals surface area (Å²) in [7, 11) is 1.48. The topological polar surface area (TPSA) is 107 Å². The molecule has 3 aliphatic rings. The van der Waals surface area contributed by atoms with Gasteiger partial charge in [0.15, 0.2) is 6.10 Å². The van der Waals surface area contributed by atoms with Gasteiger partial charge in [0, 0.05) is 25.9 Å². The van der Waals surface area contributed by atoms with Crippen LogP contribution in [0.25, 0.3) is 0 Å². The van der Waals surface area contributed by atoms with Crippen LogP contribution in [0.3, 0.4) is 0 Å². The van der Waals surface area contributed by atoms with Crippen LogP contribution in [-0.4, -0.2) is 67.7 Å². The molecule has 8 nitrogen and oxygen atoms in total. The number of aliphatic hydroxyl groups excluding tert-OH is 1. The van der Waals surface area contributed by atoms with Gasteiger partial charge in [0.2, 0.25) is 0 Å². The lowest BCUT2D eigenvalue weighted by molar-refractivity contribution is -0.317. The Morgan fingerprint density at radius 3 is 2.92 bits per heavy atom. The molecule has 1 N–H and O–H groups in total. The molecule has 3 heterocycles. The highest BCUT2D eigenvalue weighted by atomic mass is 16.7. The van der Waals surface area contributed by atoms with Gasteiger partial charge in [-0.15, -0.1) is 0 Å². The summed E-state index contributed by atoms with van der Waals surface area (Å²) in [5.74, 6) is -1.25. The van der Waals surface area contributed by atoms with Crippen molar-refractivity contribution in [1.82, 2.24) is 0 Å². The van der Waals surface area contributed by atoms with Gasteiger partial charge < -0.3 is 38.7 Å². The van der Waals surface area contributed by atoms with Crippen molar-refractivity contribution in [2.45, 2.75) is 55.6 Å². The second kappa shape index (κ2) is 7.62. The Kier molecular flexibility index (Phi) is 5.52. The molecular formula is C16H21O8-. The number of aliphatic hydroxyl groups is 1. The van der Waals surface area contributed by atoms with Crippen molar-refractivity contribution in [2.75, 3.05) is 13.9 Å². The molecule has 0 aromatic carbocycles. The minimum atomic E-state index is -1.25. The van der Waals surface area contributed by atoms with Gasteiger partial charge in [0.05, 0.1) is 24.6 Å². The monoisotopic (exact) mass is 341 g/mol. The van der Waals surface area contributed by atoms with Crippen molar-refractivity contribution in [2.24, 2.45) is 0 Å². The first-order chi connectivity index (χ1) is 11.6. The van der Waals surface area contributed by atoms with Crippen molar-refractivity contribution in [1.29, 1.82) is 0 Å². The average Bonchev–Trinajstić information content (AvgIpc) is 2.79. The van der Waals surface area contributed by atoms with Gasteiger partial charge >= 0.3 is 0 Å². The minimum absolute atomic E-state index is 0.0104. The number of fused-ring (bicyclic) bond motifs is 2. The van der Waals surface area contributed by atoms with Crippen LogP contribution in [0.1, 0.15) is 12.8 Å². The summed E-state index contributed by atoms with van der Waals surface area (Å²) >= 11 is 0. The van der Waals surface area contributed by atoms with Crippen molar-refractivity contribution < 1.29 is 38.7 Å². The van der Waals surface area contributed by atoms with Crippen LogP contribution < -0.4 is 5.11 Å². The largest absolute Gasteiger partial charge is 0.550 e. The molecule has 0 bridgehead atoms. The Morgan fingerprint density at radius 2 is 2.17 bits per heavy atom. The number of carboxylic acid groups (broad SMARTS) is 1. The summed E-state index contributed by atoms with van der Waals surface area (Å²) < 4.78 is 27.7. The lowest BCUT2D eigenvalue weighted by atomic mass is 9.87. The van der Waals surface area contributed by atoms with E-state index < -0.39 is 48.7 Å². The molecule has 134 valence electrons. The summed E-state index contributed by atoms with van der Waals surface area (Å²) in [6.07, 6.45) is 2.46. The smallest absolute Gasteiger partial charge is 0.156 e. The van der Waals surface area contributed by atoms with Crippen molar-refractivity contribution in [3.8, 4) is 0 Å². The van der Waals surface area contributed by atoms with Crippen LogP contribution in [0.4, 0.5) is 0 Å². The molecule has 0 aromatic heterocycles. The van der Waals surface area contributed by atoms with E-state index in [1.165, 1.54) is 13.4 Å². The van der Waals surface area contributed by atoms with Gasteiger partial charge in [-0.2, -0.15) is 0 Å². The summed E-state index contributed by atoms with van der Waals surface area (Å²) in [4.78, 5) is 11.0. The fourth-order valence-electron chi connectivity index (χ4n) is 3.33. The highest BCUT2D eigenvalue weighted by Gasteiger charge is 2.51. The van der Waals surface area contributed by atoms with Crippen LogP contribution in [0, 0.1) is 0 Å². The van der Waals surface area contributed by atoms with E-state index in [9.17, 15) is 15.0 Å². The van der Waals surface area contributed by atoms with Crippen molar-refractivity contribution in [3.63, 3.8) is 0 Å². The van der Waals surface area contributed by atoms with Crippen molar-refractivity contribution in [3.05, 3.63) is 24.5 Å². The first-order valence-corrected chi connectivity index (χ1v) is 7.88. The number of hydrogen-bond acceptors (Lipinski definition) is 8. The van der Waals surface area contributed by atoms with Crippen LogP contribution in [-0.2, 0) is 28.5 Å². The Labute approximate surface area is 139 Å². The first-order valence-electron chi connectivity index (χ1n) is 7.88. The van der Waals surface area contributed by atoms with Gasteiger partial charge in [0.25, 0.3) is 0 Å². The highest BCUT2D eigenvalue weighted by Crippen LogP contribution is 2.36. The van der Waals surface area contributed by atoms with Crippen LogP contribution in [0.2, 0.25) is 0 Å². The molecule has 24 heavy (non-hydrogen) atoms. The van der Waals surface area contributed by atoms with Crippen LogP contribution in [0.15, 0.2) is 24.5 Å². The second-order valence-electron chi connectivity index (χ2n) is 6.01. The standard InChI is InChI=1S/C16H22O8/c1-20-8-22-10-6-12-16(24-11(10)7-13(17)18)14(19)15-9(23-12)4-2-3-5-21-15/h2-5,9-12,14-16,19H,6-8H2,1H3,(H,17,18)/p-1/t9-,10-,11+,12+,14+,15-,16+/m0/s1. The molecule has 0 radical (unpaired) electrons. The zero-order valence-corrected chi connectivity index (χ0v) is 13.3. The van der Waals surface area contributed by atoms with E-state index in [0.29, 0.717) is 6.42 Å². The van der Waals surface area contributed by atoms with Gasteiger partial charge in [0.1, 0.15) is 25.1 Å². The predicted molar refractivity (Wildman–Crippen MR) is 77.5 cm³/mol. The van der Waals surface area contributed by atoms with E-state index in [0.717, 1.165) is 0 Å².